The van der Waals surface area contributed by atoms with Gasteiger partial charge in [0.05, 0.1) is 24.2 Å². The maximum absolute atomic E-state index is 12.6. The van der Waals surface area contributed by atoms with Crippen molar-refractivity contribution in [3.63, 3.8) is 0 Å². The molecule has 25 heavy (non-hydrogen) atoms. The number of ether oxygens (including phenoxy) is 2. The number of benzene rings is 1. The molecule has 0 fully saturated rings. The lowest BCUT2D eigenvalue weighted by molar-refractivity contribution is -0.116. The minimum absolute atomic E-state index is 0.178. The zero-order valence-corrected chi connectivity index (χ0v) is 16.9. The SMILES string of the molecule is CCOc1c(Br)cc(C2NC(=S)N(C)C3=C2C(=O)CCC3)cc1OC. The van der Waals surface area contributed by atoms with Gasteiger partial charge in [0.1, 0.15) is 0 Å². The Kier molecular flexibility index (Phi) is 5.34. The lowest BCUT2D eigenvalue weighted by Crippen LogP contribution is -2.47. The lowest BCUT2D eigenvalue weighted by atomic mass is 9.85. The van der Waals surface area contributed by atoms with Gasteiger partial charge in [-0.1, -0.05) is 0 Å². The number of rotatable bonds is 4. The highest BCUT2D eigenvalue weighted by atomic mass is 79.9. The lowest BCUT2D eigenvalue weighted by Gasteiger charge is -2.39. The fraction of sp³-hybridized carbons (Fsp3) is 0.444. The van der Waals surface area contributed by atoms with E-state index >= 15 is 0 Å². The number of thiocarbonyl (C=S) groups is 1. The Morgan fingerprint density at radius 3 is 2.84 bits per heavy atom. The van der Waals surface area contributed by atoms with Gasteiger partial charge in [0.15, 0.2) is 22.4 Å². The summed E-state index contributed by atoms with van der Waals surface area (Å²) < 4.78 is 11.9. The van der Waals surface area contributed by atoms with Gasteiger partial charge in [-0.05, 0) is 65.6 Å². The molecule has 0 spiro atoms. The third-order valence-corrected chi connectivity index (χ3v) is 5.55. The molecule has 134 valence electrons. The highest BCUT2D eigenvalue weighted by molar-refractivity contribution is 9.10. The molecule has 7 heteroatoms. The van der Waals surface area contributed by atoms with Gasteiger partial charge >= 0.3 is 0 Å². The van der Waals surface area contributed by atoms with Crippen LogP contribution in [0.1, 0.15) is 37.8 Å². The van der Waals surface area contributed by atoms with Crippen LogP contribution < -0.4 is 14.8 Å². The number of hydrogen-bond acceptors (Lipinski definition) is 4. The van der Waals surface area contributed by atoms with Gasteiger partial charge in [-0.15, -0.1) is 0 Å². The zero-order chi connectivity index (χ0) is 18.1. The third kappa shape index (κ3) is 3.27. The van der Waals surface area contributed by atoms with Crippen LogP contribution in [0.4, 0.5) is 0 Å². The van der Waals surface area contributed by atoms with Crippen molar-refractivity contribution in [1.82, 2.24) is 10.2 Å². The molecule has 1 aliphatic heterocycles. The van der Waals surface area contributed by atoms with E-state index in [1.165, 1.54) is 0 Å². The number of carbonyl (C=O) groups excluding carboxylic acids is 1. The molecular formula is C18H21BrN2O3S. The largest absolute Gasteiger partial charge is 0.493 e. The summed E-state index contributed by atoms with van der Waals surface area (Å²) in [5, 5.41) is 3.93. The molecule has 0 bridgehead atoms. The van der Waals surface area contributed by atoms with Gasteiger partial charge in [-0.2, -0.15) is 0 Å². The topological polar surface area (TPSA) is 50.8 Å². The summed E-state index contributed by atoms with van der Waals surface area (Å²) in [7, 11) is 3.52. The van der Waals surface area contributed by atoms with Gasteiger partial charge < -0.3 is 19.7 Å². The van der Waals surface area contributed by atoms with Crippen LogP contribution in [0.15, 0.2) is 27.9 Å². The van der Waals surface area contributed by atoms with E-state index in [-0.39, 0.29) is 11.8 Å². The van der Waals surface area contributed by atoms with Crippen molar-refractivity contribution in [1.29, 1.82) is 0 Å². The van der Waals surface area contributed by atoms with Crippen molar-refractivity contribution in [3.05, 3.63) is 33.4 Å². The van der Waals surface area contributed by atoms with Crippen LogP contribution in [0.5, 0.6) is 11.5 Å². The molecule has 1 N–H and O–H groups in total. The molecule has 1 unspecified atom stereocenters. The van der Waals surface area contributed by atoms with Crippen LogP contribution in [0.3, 0.4) is 0 Å². The molecular weight excluding hydrogens is 404 g/mol. The average Bonchev–Trinajstić information content (AvgIpc) is 2.60. The number of hydrogen-bond donors (Lipinski definition) is 1. The summed E-state index contributed by atoms with van der Waals surface area (Å²) in [5.74, 6) is 1.47. The van der Waals surface area contributed by atoms with E-state index < -0.39 is 0 Å². The fourth-order valence-electron chi connectivity index (χ4n) is 3.38. The minimum atomic E-state index is -0.271. The monoisotopic (exact) mass is 424 g/mol. The quantitative estimate of drug-likeness (QED) is 0.743. The Balaban J connectivity index is 2.11. The van der Waals surface area contributed by atoms with E-state index in [1.54, 1.807) is 7.11 Å². The van der Waals surface area contributed by atoms with E-state index in [1.807, 2.05) is 31.0 Å². The van der Waals surface area contributed by atoms with Gasteiger partial charge in [0.25, 0.3) is 0 Å². The minimum Gasteiger partial charge on any atom is -0.493 e. The summed E-state index contributed by atoms with van der Waals surface area (Å²) in [5.41, 5.74) is 2.75. The molecule has 1 atom stereocenters. The molecule has 1 aliphatic carbocycles. The summed E-state index contributed by atoms with van der Waals surface area (Å²) in [4.78, 5) is 14.6. The van der Waals surface area contributed by atoms with Crippen LogP contribution in [-0.2, 0) is 4.79 Å². The van der Waals surface area contributed by atoms with Gasteiger partial charge in [-0.25, -0.2) is 0 Å². The number of Topliss-reactive ketones (excluding diaryl/α,β-unsaturated/α-hetero) is 1. The molecule has 0 aromatic heterocycles. The number of carbonyl (C=O) groups is 1. The Bertz CT molecular complexity index is 763. The Labute approximate surface area is 161 Å². The first kappa shape index (κ1) is 18.2. The standard InChI is InChI=1S/C18H21BrN2O3S/c1-4-24-17-11(19)8-10(9-14(17)23-3)16-15-12(6-5-7-13(15)22)21(2)18(25)20-16/h8-9,16H,4-7H2,1-3H3,(H,20,25). The predicted molar refractivity (Wildman–Crippen MR) is 104 cm³/mol. The predicted octanol–water partition coefficient (Wildman–Crippen LogP) is 3.72. The maximum Gasteiger partial charge on any atom is 0.175 e. The van der Waals surface area contributed by atoms with Crippen LogP contribution in [-0.4, -0.2) is 36.6 Å². The average molecular weight is 425 g/mol. The molecule has 0 saturated heterocycles. The Hall–Kier alpha value is -1.60. The van der Waals surface area contributed by atoms with Crippen molar-refractivity contribution in [2.45, 2.75) is 32.2 Å². The first-order chi connectivity index (χ1) is 12.0. The van der Waals surface area contributed by atoms with Crippen molar-refractivity contribution in [2.75, 3.05) is 20.8 Å². The van der Waals surface area contributed by atoms with Crippen molar-refractivity contribution in [2.24, 2.45) is 0 Å². The number of halogens is 1. The van der Waals surface area contributed by atoms with E-state index in [0.29, 0.717) is 29.6 Å². The van der Waals surface area contributed by atoms with Gasteiger partial charge in [0.2, 0.25) is 0 Å². The first-order valence-electron chi connectivity index (χ1n) is 8.28. The van der Waals surface area contributed by atoms with Crippen LogP contribution in [0, 0.1) is 0 Å². The van der Waals surface area contributed by atoms with Crippen molar-refractivity contribution < 1.29 is 14.3 Å². The van der Waals surface area contributed by atoms with Crippen molar-refractivity contribution >= 4 is 39.0 Å². The van der Waals surface area contributed by atoms with Crippen LogP contribution in [0.25, 0.3) is 0 Å². The number of allylic oxidation sites excluding steroid dienone is 1. The molecule has 0 saturated carbocycles. The summed E-state index contributed by atoms with van der Waals surface area (Å²) in [6, 6.07) is 3.60. The molecule has 1 aromatic carbocycles. The Morgan fingerprint density at radius 1 is 1.40 bits per heavy atom. The molecule has 3 rings (SSSR count). The number of ketones is 1. The first-order valence-corrected chi connectivity index (χ1v) is 9.48. The highest BCUT2D eigenvalue weighted by Crippen LogP contribution is 2.42. The second-order valence-electron chi connectivity index (χ2n) is 6.05. The molecule has 1 aromatic rings. The van der Waals surface area contributed by atoms with E-state index in [0.717, 1.165) is 34.1 Å². The van der Waals surface area contributed by atoms with E-state index in [9.17, 15) is 4.79 Å². The number of nitrogens with one attached hydrogen (secondary N) is 1. The maximum atomic E-state index is 12.6. The van der Waals surface area contributed by atoms with Crippen LogP contribution >= 0.6 is 28.1 Å². The highest BCUT2D eigenvalue weighted by Gasteiger charge is 2.36. The number of nitrogens with zero attached hydrogens (tertiary/aromatic N) is 1. The molecule has 0 radical (unpaired) electrons. The normalized spacial score (nSPS) is 20.3. The summed E-state index contributed by atoms with van der Waals surface area (Å²) in [6.07, 6.45) is 2.31. The van der Waals surface area contributed by atoms with Gasteiger partial charge in [0, 0.05) is 24.7 Å². The van der Waals surface area contributed by atoms with E-state index in [2.05, 4.69) is 21.2 Å². The summed E-state index contributed by atoms with van der Waals surface area (Å²) in [6.45, 7) is 2.47. The smallest absolute Gasteiger partial charge is 0.175 e. The molecule has 2 aliphatic rings. The molecule has 1 heterocycles. The van der Waals surface area contributed by atoms with Crippen LogP contribution in [0.2, 0.25) is 0 Å². The van der Waals surface area contributed by atoms with E-state index in [4.69, 9.17) is 21.7 Å². The zero-order valence-electron chi connectivity index (χ0n) is 14.5. The summed E-state index contributed by atoms with van der Waals surface area (Å²) >= 11 is 9.04. The Morgan fingerprint density at radius 2 is 2.16 bits per heavy atom. The van der Waals surface area contributed by atoms with Gasteiger partial charge in [-0.3, -0.25) is 4.79 Å². The van der Waals surface area contributed by atoms with Crippen molar-refractivity contribution in [3.8, 4) is 11.5 Å². The molecule has 5 nitrogen and oxygen atoms in total. The molecule has 0 amide bonds. The second-order valence-corrected chi connectivity index (χ2v) is 7.29. The number of methoxy groups -OCH3 is 1. The third-order valence-electron chi connectivity index (χ3n) is 4.57. The second kappa shape index (κ2) is 7.33. The fourth-order valence-corrected chi connectivity index (χ4v) is 4.18.